The van der Waals surface area contributed by atoms with Gasteiger partial charge in [-0.15, -0.1) is 0 Å². The normalized spacial score (nSPS) is 13.3. The first-order valence-corrected chi connectivity index (χ1v) is 4.45. The lowest BCUT2D eigenvalue weighted by Gasteiger charge is -2.11. The maximum Gasteiger partial charge on any atom is 0.303 e. The quantitative estimate of drug-likeness (QED) is 0.637. The maximum atomic E-state index is 10.3. The van der Waals surface area contributed by atoms with Crippen molar-refractivity contribution in [2.75, 3.05) is 13.1 Å². The van der Waals surface area contributed by atoms with Crippen molar-refractivity contribution in [3.05, 3.63) is 0 Å². The molecule has 1 atom stereocenters. The summed E-state index contributed by atoms with van der Waals surface area (Å²) >= 11 is 0. The average Bonchev–Trinajstić information content (AvgIpc) is 1.84. The van der Waals surface area contributed by atoms with Crippen molar-refractivity contribution in [2.24, 2.45) is 11.8 Å². The molecule has 3 heteroatoms. The summed E-state index contributed by atoms with van der Waals surface area (Å²) in [5, 5.41) is 11.7. The zero-order valence-electron chi connectivity index (χ0n) is 8.13. The van der Waals surface area contributed by atoms with Crippen LogP contribution in [0, 0.1) is 11.8 Å². The fourth-order valence-electron chi connectivity index (χ4n) is 0.989. The van der Waals surface area contributed by atoms with Gasteiger partial charge in [0, 0.05) is 6.42 Å². The molecule has 0 heterocycles. The number of rotatable bonds is 6. The van der Waals surface area contributed by atoms with Gasteiger partial charge in [0.1, 0.15) is 0 Å². The van der Waals surface area contributed by atoms with E-state index in [4.69, 9.17) is 5.11 Å². The molecule has 0 fully saturated rings. The van der Waals surface area contributed by atoms with E-state index in [2.05, 4.69) is 19.2 Å². The molecule has 1 unspecified atom stereocenters. The molecule has 0 aliphatic rings. The highest BCUT2D eigenvalue weighted by atomic mass is 16.4. The van der Waals surface area contributed by atoms with Crippen molar-refractivity contribution in [2.45, 2.75) is 27.2 Å². The van der Waals surface area contributed by atoms with Crippen molar-refractivity contribution >= 4 is 5.97 Å². The average molecular weight is 173 g/mol. The standard InChI is InChI=1S/C9H19NO2/c1-7(2)5-10-6-8(3)4-9(11)12/h7-8,10H,4-6H2,1-3H3,(H,11,12). The Kier molecular flexibility index (Phi) is 5.72. The molecule has 0 aliphatic heterocycles. The van der Waals surface area contributed by atoms with Gasteiger partial charge in [-0.05, 0) is 24.9 Å². The van der Waals surface area contributed by atoms with Gasteiger partial charge in [0.2, 0.25) is 0 Å². The zero-order chi connectivity index (χ0) is 9.56. The van der Waals surface area contributed by atoms with Gasteiger partial charge in [-0.3, -0.25) is 4.79 Å². The Labute approximate surface area is 74.2 Å². The molecular weight excluding hydrogens is 154 g/mol. The molecule has 0 saturated carbocycles. The smallest absolute Gasteiger partial charge is 0.303 e. The maximum absolute atomic E-state index is 10.3. The monoisotopic (exact) mass is 173 g/mol. The van der Waals surface area contributed by atoms with Crippen LogP contribution in [-0.4, -0.2) is 24.2 Å². The van der Waals surface area contributed by atoms with Crippen LogP contribution in [-0.2, 0) is 4.79 Å². The van der Waals surface area contributed by atoms with Gasteiger partial charge in [0.25, 0.3) is 0 Å². The van der Waals surface area contributed by atoms with Gasteiger partial charge < -0.3 is 10.4 Å². The van der Waals surface area contributed by atoms with Gasteiger partial charge >= 0.3 is 5.97 Å². The number of carboxylic acid groups (broad SMARTS) is 1. The minimum Gasteiger partial charge on any atom is -0.481 e. The largest absolute Gasteiger partial charge is 0.481 e. The number of hydrogen-bond donors (Lipinski definition) is 2. The molecule has 0 aromatic carbocycles. The van der Waals surface area contributed by atoms with E-state index in [1.165, 1.54) is 0 Å². The summed E-state index contributed by atoms with van der Waals surface area (Å²) in [5.74, 6) is 0.136. The Balaban J connectivity index is 3.31. The summed E-state index contributed by atoms with van der Waals surface area (Å²) in [6.07, 6.45) is 0.255. The van der Waals surface area contributed by atoms with Crippen LogP contribution in [0.25, 0.3) is 0 Å². The zero-order valence-corrected chi connectivity index (χ0v) is 8.13. The van der Waals surface area contributed by atoms with E-state index in [1.807, 2.05) is 6.92 Å². The van der Waals surface area contributed by atoms with Crippen molar-refractivity contribution in [3.8, 4) is 0 Å². The van der Waals surface area contributed by atoms with Crippen molar-refractivity contribution in [1.29, 1.82) is 0 Å². The molecule has 0 amide bonds. The van der Waals surface area contributed by atoms with E-state index in [0.29, 0.717) is 5.92 Å². The van der Waals surface area contributed by atoms with E-state index in [1.54, 1.807) is 0 Å². The Morgan fingerprint density at radius 1 is 1.33 bits per heavy atom. The Morgan fingerprint density at radius 2 is 1.92 bits per heavy atom. The SMILES string of the molecule is CC(C)CNCC(C)CC(=O)O. The van der Waals surface area contributed by atoms with Crippen LogP contribution in [0.1, 0.15) is 27.2 Å². The molecule has 0 saturated heterocycles. The lowest BCUT2D eigenvalue weighted by molar-refractivity contribution is -0.137. The van der Waals surface area contributed by atoms with E-state index < -0.39 is 5.97 Å². The van der Waals surface area contributed by atoms with Crippen LogP contribution in [0.5, 0.6) is 0 Å². The second-order valence-corrected chi connectivity index (χ2v) is 3.76. The van der Waals surface area contributed by atoms with Crippen molar-refractivity contribution in [1.82, 2.24) is 5.32 Å². The van der Waals surface area contributed by atoms with Gasteiger partial charge in [0.15, 0.2) is 0 Å². The molecule has 12 heavy (non-hydrogen) atoms. The van der Waals surface area contributed by atoms with Gasteiger partial charge in [-0.2, -0.15) is 0 Å². The second-order valence-electron chi connectivity index (χ2n) is 3.76. The first-order chi connectivity index (χ1) is 5.52. The van der Waals surface area contributed by atoms with E-state index in [-0.39, 0.29) is 12.3 Å². The van der Waals surface area contributed by atoms with E-state index >= 15 is 0 Å². The van der Waals surface area contributed by atoms with Crippen LogP contribution in [0.3, 0.4) is 0 Å². The molecule has 72 valence electrons. The lowest BCUT2D eigenvalue weighted by Crippen LogP contribution is -2.26. The third-order valence-electron chi connectivity index (χ3n) is 1.57. The third-order valence-corrected chi connectivity index (χ3v) is 1.57. The number of carbonyl (C=O) groups is 1. The first-order valence-electron chi connectivity index (χ1n) is 4.45. The van der Waals surface area contributed by atoms with Crippen LogP contribution in [0.2, 0.25) is 0 Å². The Bertz CT molecular complexity index is 134. The highest BCUT2D eigenvalue weighted by Crippen LogP contribution is 1.99. The predicted octanol–water partition coefficient (Wildman–Crippen LogP) is 1.34. The first kappa shape index (κ1) is 11.4. The molecular formula is C9H19NO2. The molecule has 0 bridgehead atoms. The minimum atomic E-state index is -0.714. The summed E-state index contributed by atoms with van der Waals surface area (Å²) in [6.45, 7) is 7.97. The van der Waals surface area contributed by atoms with Crippen LogP contribution >= 0.6 is 0 Å². The molecule has 3 nitrogen and oxygen atoms in total. The number of carboxylic acids is 1. The molecule has 0 rings (SSSR count). The number of nitrogens with one attached hydrogen (secondary N) is 1. The Morgan fingerprint density at radius 3 is 2.33 bits per heavy atom. The van der Waals surface area contributed by atoms with E-state index in [9.17, 15) is 4.79 Å². The number of aliphatic carboxylic acids is 1. The molecule has 0 spiro atoms. The molecule has 0 aromatic heterocycles. The molecule has 0 radical (unpaired) electrons. The Hall–Kier alpha value is -0.570. The summed E-state index contributed by atoms with van der Waals surface area (Å²) in [4.78, 5) is 10.3. The lowest BCUT2D eigenvalue weighted by atomic mass is 10.1. The fraction of sp³-hybridized carbons (Fsp3) is 0.889. The molecule has 2 N–H and O–H groups in total. The topological polar surface area (TPSA) is 49.3 Å². The van der Waals surface area contributed by atoms with Gasteiger partial charge in [0.05, 0.1) is 0 Å². The highest BCUT2D eigenvalue weighted by Gasteiger charge is 2.06. The van der Waals surface area contributed by atoms with Gasteiger partial charge in [-0.25, -0.2) is 0 Å². The summed E-state index contributed by atoms with van der Waals surface area (Å²) in [6, 6.07) is 0. The summed E-state index contributed by atoms with van der Waals surface area (Å²) in [5.41, 5.74) is 0. The second kappa shape index (κ2) is 6.00. The fourth-order valence-corrected chi connectivity index (χ4v) is 0.989. The molecule has 0 aromatic rings. The summed E-state index contributed by atoms with van der Waals surface area (Å²) < 4.78 is 0. The van der Waals surface area contributed by atoms with Crippen LogP contribution in [0.15, 0.2) is 0 Å². The molecule has 0 aliphatic carbocycles. The van der Waals surface area contributed by atoms with Crippen LogP contribution < -0.4 is 5.32 Å². The number of hydrogen-bond acceptors (Lipinski definition) is 2. The van der Waals surface area contributed by atoms with Crippen LogP contribution in [0.4, 0.5) is 0 Å². The minimum absolute atomic E-state index is 0.223. The van der Waals surface area contributed by atoms with Gasteiger partial charge in [-0.1, -0.05) is 20.8 Å². The van der Waals surface area contributed by atoms with E-state index in [0.717, 1.165) is 13.1 Å². The van der Waals surface area contributed by atoms with Crippen molar-refractivity contribution < 1.29 is 9.90 Å². The summed E-state index contributed by atoms with van der Waals surface area (Å²) in [7, 11) is 0. The van der Waals surface area contributed by atoms with Crippen molar-refractivity contribution in [3.63, 3.8) is 0 Å². The third kappa shape index (κ3) is 7.54. The highest BCUT2D eigenvalue weighted by molar-refractivity contribution is 5.66. The predicted molar refractivity (Wildman–Crippen MR) is 49.1 cm³/mol.